The normalized spacial score (nSPS) is 16.7. The molecule has 2 heteroatoms. The molecule has 0 aromatic heterocycles. The van der Waals surface area contributed by atoms with E-state index in [1.807, 2.05) is 0 Å². The first-order valence-electron chi connectivity index (χ1n) is 27.9. The van der Waals surface area contributed by atoms with Crippen molar-refractivity contribution >= 4 is 34.1 Å². The van der Waals surface area contributed by atoms with Gasteiger partial charge in [0.05, 0.1) is 22.7 Å². The molecule has 0 saturated carbocycles. The maximum absolute atomic E-state index is 2.64. The number of hydrogen-bond acceptors (Lipinski definition) is 2. The Balaban J connectivity index is 0.930. The lowest BCUT2D eigenvalue weighted by atomic mass is 9.79. The van der Waals surface area contributed by atoms with Crippen molar-refractivity contribution in [1.82, 2.24) is 0 Å². The molecule has 0 unspecified atom stereocenters. The molecule has 77 heavy (non-hydrogen) atoms. The fourth-order valence-electron chi connectivity index (χ4n) is 15.8. The number of rotatable bonds is 6. The molecule has 0 heterocycles. The highest BCUT2D eigenvalue weighted by Crippen LogP contribution is 2.62. The van der Waals surface area contributed by atoms with E-state index in [1.165, 1.54) is 145 Å². The molecule has 0 saturated heterocycles. The van der Waals surface area contributed by atoms with Gasteiger partial charge in [-0.2, -0.15) is 0 Å². The van der Waals surface area contributed by atoms with Crippen molar-refractivity contribution in [2.24, 2.45) is 0 Å². The molecule has 374 valence electrons. The molecule has 5 aliphatic rings. The van der Waals surface area contributed by atoms with Crippen LogP contribution in [0.4, 0.5) is 34.1 Å². The fraction of sp³-hybridized carbons (Fsp3) is 0.200. The van der Waals surface area contributed by atoms with Crippen LogP contribution in [0.15, 0.2) is 206 Å². The number of anilines is 6. The number of hydrogen-bond donors (Lipinski definition) is 0. The topological polar surface area (TPSA) is 6.48 Å². The van der Waals surface area contributed by atoms with Gasteiger partial charge >= 0.3 is 0 Å². The van der Waals surface area contributed by atoms with Crippen LogP contribution in [0, 0.1) is 0 Å². The molecule has 15 rings (SSSR count). The predicted molar refractivity (Wildman–Crippen MR) is 324 cm³/mol. The molecule has 2 nitrogen and oxygen atoms in total. The first-order valence-corrected chi connectivity index (χ1v) is 27.9. The van der Waals surface area contributed by atoms with Gasteiger partial charge in [0.2, 0.25) is 0 Å². The van der Waals surface area contributed by atoms with Gasteiger partial charge in [-0.15, -0.1) is 0 Å². The van der Waals surface area contributed by atoms with E-state index in [0.29, 0.717) is 0 Å². The minimum Gasteiger partial charge on any atom is -0.310 e. The van der Waals surface area contributed by atoms with E-state index in [2.05, 4.69) is 285 Å². The average molecular weight is 993 g/mol. The Kier molecular flexibility index (Phi) is 9.27. The Morgan fingerprint density at radius 1 is 0.208 bits per heavy atom. The first-order chi connectivity index (χ1) is 37.0. The molecule has 0 aliphatic heterocycles. The second-order valence-electron chi connectivity index (χ2n) is 25.2. The number of nitrogens with zero attached hydrogens (tertiary/aromatic N) is 2. The summed E-state index contributed by atoms with van der Waals surface area (Å²) in [4.78, 5) is 5.27. The Morgan fingerprint density at radius 3 is 0.714 bits per heavy atom. The number of benzene rings is 10. The van der Waals surface area contributed by atoms with Crippen LogP contribution in [0.2, 0.25) is 0 Å². The Bertz CT molecular complexity index is 3730. The van der Waals surface area contributed by atoms with E-state index in [1.54, 1.807) is 0 Å². The van der Waals surface area contributed by atoms with Crippen LogP contribution in [-0.4, -0.2) is 0 Å². The van der Waals surface area contributed by atoms with Crippen LogP contribution in [0.5, 0.6) is 0 Å². The van der Waals surface area contributed by atoms with Gasteiger partial charge in [0.15, 0.2) is 0 Å². The zero-order chi connectivity index (χ0) is 52.7. The Labute approximate surface area is 455 Å². The molecule has 0 atom stereocenters. The van der Waals surface area contributed by atoms with Gasteiger partial charge in [0.25, 0.3) is 0 Å². The molecule has 0 spiro atoms. The average Bonchev–Trinajstić information content (AvgIpc) is 4.23. The summed E-state index contributed by atoms with van der Waals surface area (Å²) in [5.41, 5.74) is 33.0. The van der Waals surface area contributed by atoms with Gasteiger partial charge in [-0.3, -0.25) is 0 Å². The molecule has 10 aromatic rings. The summed E-state index contributed by atoms with van der Waals surface area (Å²) in [5.74, 6) is 0. The van der Waals surface area contributed by atoms with Crippen molar-refractivity contribution < 1.29 is 0 Å². The second kappa shape index (κ2) is 15.5. The molecule has 0 N–H and O–H groups in total. The van der Waals surface area contributed by atoms with Gasteiger partial charge in [-0.05, 0) is 160 Å². The van der Waals surface area contributed by atoms with Gasteiger partial charge in [0, 0.05) is 38.4 Å². The molecule has 0 fully saturated rings. The van der Waals surface area contributed by atoms with Crippen molar-refractivity contribution in [2.75, 3.05) is 9.80 Å². The molecule has 0 bridgehead atoms. The van der Waals surface area contributed by atoms with Gasteiger partial charge < -0.3 is 9.80 Å². The van der Waals surface area contributed by atoms with Crippen LogP contribution in [-0.2, 0) is 27.1 Å². The summed E-state index contributed by atoms with van der Waals surface area (Å²) in [6.45, 7) is 24.3. The standard InChI is InChI=1S/C75H64N2/c1-71(2)61-43-45(76(63-35-19-27-53-47-23-11-15-31-57(47)72(3,4)67(53)63)64-36-20-28-54-48-24-12-16-32-58(48)73(5,6)68(54)64)39-41-51(61)52-42-40-46(44-62(52)71)77(65-37-21-29-55-49-25-13-17-33-59(49)74(7,8)69(55)65)66-38-22-30-56-50-26-14-18-34-60(50)75(9,10)70(56)66/h11-44H,1-10H3. The molecular weight excluding hydrogens is 929 g/mol. The first kappa shape index (κ1) is 46.1. The lowest BCUT2D eigenvalue weighted by Gasteiger charge is -2.36. The van der Waals surface area contributed by atoms with Crippen molar-refractivity contribution in [3.05, 3.63) is 262 Å². The van der Waals surface area contributed by atoms with Crippen LogP contribution in [0.1, 0.15) is 125 Å². The van der Waals surface area contributed by atoms with Gasteiger partial charge in [-0.1, -0.05) is 227 Å². The lowest BCUT2D eigenvalue weighted by Crippen LogP contribution is -2.24. The highest BCUT2D eigenvalue weighted by atomic mass is 15.2. The lowest BCUT2D eigenvalue weighted by molar-refractivity contribution is 0.654. The monoisotopic (exact) mass is 993 g/mol. The highest BCUT2D eigenvalue weighted by molar-refractivity contribution is 5.99. The third kappa shape index (κ3) is 5.97. The zero-order valence-corrected chi connectivity index (χ0v) is 46.0. The third-order valence-electron chi connectivity index (χ3n) is 19.4. The van der Waals surface area contributed by atoms with Crippen molar-refractivity contribution in [3.8, 4) is 55.6 Å². The van der Waals surface area contributed by atoms with Crippen LogP contribution in [0.25, 0.3) is 55.6 Å². The van der Waals surface area contributed by atoms with E-state index in [-0.39, 0.29) is 27.1 Å². The van der Waals surface area contributed by atoms with Crippen LogP contribution >= 0.6 is 0 Å². The minimum atomic E-state index is -0.335. The summed E-state index contributed by atoms with van der Waals surface area (Å²) >= 11 is 0. The summed E-state index contributed by atoms with van der Waals surface area (Å²) in [5, 5.41) is 0. The van der Waals surface area contributed by atoms with Crippen LogP contribution < -0.4 is 9.80 Å². The fourth-order valence-corrected chi connectivity index (χ4v) is 15.8. The van der Waals surface area contributed by atoms with E-state index < -0.39 is 0 Å². The predicted octanol–water partition coefficient (Wildman–Crippen LogP) is 20.2. The summed E-state index contributed by atoms with van der Waals surface area (Å²) in [6, 6.07) is 79.0. The smallest absolute Gasteiger partial charge is 0.0508 e. The third-order valence-corrected chi connectivity index (χ3v) is 19.4. The molecule has 0 radical (unpaired) electrons. The summed E-state index contributed by atoms with van der Waals surface area (Å²) < 4.78 is 0. The molecule has 10 aromatic carbocycles. The largest absolute Gasteiger partial charge is 0.310 e. The van der Waals surface area contributed by atoms with E-state index in [0.717, 1.165) is 0 Å². The van der Waals surface area contributed by atoms with E-state index in [9.17, 15) is 0 Å². The van der Waals surface area contributed by atoms with E-state index >= 15 is 0 Å². The van der Waals surface area contributed by atoms with Crippen molar-refractivity contribution in [3.63, 3.8) is 0 Å². The molecule has 0 amide bonds. The van der Waals surface area contributed by atoms with Gasteiger partial charge in [0.1, 0.15) is 0 Å². The van der Waals surface area contributed by atoms with Crippen molar-refractivity contribution in [1.29, 1.82) is 0 Å². The van der Waals surface area contributed by atoms with Crippen LogP contribution in [0.3, 0.4) is 0 Å². The second-order valence-corrected chi connectivity index (χ2v) is 25.2. The van der Waals surface area contributed by atoms with Gasteiger partial charge in [-0.25, -0.2) is 0 Å². The maximum atomic E-state index is 2.64. The quantitative estimate of drug-likeness (QED) is 0.164. The zero-order valence-electron chi connectivity index (χ0n) is 46.0. The van der Waals surface area contributed by atoms with E-state index in [4.69, 9.17) is 0 Å². The number of fused-ring (bicyclic) bond motifs is 15. The maximum Gasteiger partial charge on any atom is 0.0508 e. The Hall–Kier alpha value is -8.20. The highest BCUT2D eigenvalue weighted by Gasteiger charge is 2.46. The molecular formula is C75H64N2. The van der Waals surface area contributed by atoms with Crippen molar-refractivity contribution in [2.45, 2.75) is 96.3 Å². The summed E-state index contributed by atoms with van der Waals surface area (Å²) in [6.07, 6.45) is 0. The summed E-state index contributed by atoms with van der Waals surface area (Å²) in [7, 11) is 0. The SMILES string of the molecule is CC1(C)c2cc(N(c3cccc4c3C(C)(C)c3ccccc3-4)c3cccc4c3C(C)(C)c3ccccc3-4)ccc2-c2ccc(N(c3cccc4c3C(C)(C)c3ccccc3-4)c3cccc4c3C(C)(C)c3ccccc3-4)cc21. The Morgan fingerprint density at radius 2 is 0.442 bits per heavy atom. The molecule has 5 aliphatic carbocycles. The minimum absolute atomic E-state index is 0.223.